The zero-order valence-corrected chi connectivity index (χ0v) is 15.9. The number of para-hydroxylation sites is 1. The van der Waals surface area contributed by atoms with E-state index in [0.29, 0.717) is 11.3 Å². The number of hydrogen-bond acceptors (Lipinski definition) is 3. The highest BCUT2D eigenvalue weighted by Gasteiger charge is 2.30. The van der Waals surface area contributed by atoms with Gasteiger partial charge in [0, 0.05) is 16.9 Å². The van der Waals surface area contributed by atoms with Crippen molar-refractivity contribution in [3.05, 3.63) is 59.7 Å². The summed E-state index contributed by atoms with van der Waals surface area (Å²) in [7, 11) is 0. The van der Waals surface area contributed by atoms with Crippen LogP contribution in [0.4, 0.5) is 11.4 Å². The molecule has 0 bridgehead atoms. The van der Waals surface area contributed by atoms with Crippen molar-refractivity contribution in [2.75, 3.05) is 10.6 Å². The fourth-order valence-corrected chi connectivity index (χ4v) is 2.54. The van der Waals surface area contributed by atoms with E-state index >= 15 is 0 Å². The molecule has 26 heavy (non-hydrogen) atoms. The molecule has 0 aliphatic rings. The van der Waals surface area contributed by atoms with Crippen molar-refractivity contribution in [3.63, 3.8) is 0 Å². The van der Waals surface area contributed by atoms with Crippen LogP contribution in [-0.4, -0.2) is 23.5 Å². The molecule has 0 aromatic heterocycles. The van der Waals surface area contributed by atoms with E-state index in [-0.39, 0.29) is 17.9 Å². The maximum atomic E-state index is 12.6. The second kappa shape index (κ2) is 8.15. The molecule has 138 valence electrons. The van der Waals surface area contributed by atoms with Crippen LogP contribution in [0.5, 0.6) is 0 Å². The van der Waals surface area contributed by atoms with Gasteiger partial charge in [0.1, 0.15) is 5.60 Å². The summed E-state index contributed by atoms with van der Waals surface area (Å²) in [6.45, 7) is 9.10. The Labute approximate surface area is 154 Å². The lowest BCUT2D eigenvalue weighted by Gasteiger charge is -2.27. The molecule has 2 aromatic rings. The van der Waals surface area contributed by atoms with Gasteiger partial charge in [0.15, 0.2) is 0 Å². The second-order valence-electron chi connectivity index (χ2n) is 6.98. The van der Waals surface area contributed by atoms with Gasteiger partial charge >= 0.3 is 0 Å². The van der Waals surface area contributed by atoms with E-state index in [1.165, 1.54) is 0 Å². The predicted octanol–water partition coefficient (Wildman–Crippen LogP) is 4.39. The number of amides is 2. The predicted molar refractivity (Wildman–Crippen MR) is 105 cm³/mol. The zero-order chi connectivity index (χ0) is 19.3. The summed E-state index contributed by atoms with van der Waals surface area (Å²) in [6.07, 6.45) is -0.0696. The fourth-order valence-electron chi connectivity index (χ4n) is 2.54. The highest BCUT2D eigenvalue weighted by atomic mass is 16.5. The molecular weight excluding hydrogens is 328 g/mol. The van der Waals surface area contributed by atoms with E-state index in [1.54, 1.807) is 26.0 Å². The number of hydrogen-bond donors (Lipinski definition) is 2. The monoisotopic (exact) mass is 354 g/mol. The van der Waals surface area contributed by atoms with Gasteiger partial charge in [-0.2, -0.15) is 0 Å². The Bertz CT molecular complexity index is 783. The van der Waals surface area contributed by atoms with Crippen LogP contribution in [0.3, 0.4) is 0 Å². The second-order valence-corrected chi connectivity index (χ2v) is 6.98. The molecule has 0 saturated carbocycles. The molecule has 0 saturated heterocycles. The van der Waals surface area contributed by atoms with E-state index in [2.05, 4.69) is 10.6 Å². The van der Waals surface area contributed by atoms with Crippen molar-refractivity contribution < 1.29 is 14.3 Å². The van der Waals surface area contributed by atoms with Gasteiger partial charge in [-0.15, -0.1) is 0 Å². The molecule has 0 aliphatic carbocycles. The first kappa shape index (κ1) is 19.7. The Balaban J connectivity index is 2.16. The van der Waals surface area contributed by atoms with Gasteiger partial charge in [0.25, 0.3) is 11.8 Å². The topological polar surface area (TPSA) is 67.4 Å². The number of carbonyl (C=O) groups excluding carboxylic acids is 2. The first-order chi connectivity index (χ1) is 12.2. The van der Waals surface area contributed by atoms with E-state index < -0.39 is 5.60 Å². The number of carbonyl (C=O) groups is 2. The van der Waals surface area contributed by atoms with Crippen molar-refractivity contribution in [1.82, 2.24) is 0 Å². The molecule has 2 amide bonds. The molecule has 5 heteroatoms. The van der Waals surface area contributed by atoms with Crippen molar-refractivity contribution in [2.24, 2.45) is 0 Å². The Kier molecular flexibility index (Phi) is 6.16. The molecule has 2 N–H and O–H groups in total. The first-order valence-electron chi connectivity index (χ1n) is 8.65. The molecule has 0 aliphatic heterocycles. The first-order valence-corrected chi connectivity index (χ1v) is 8.65. The zero-order valence-electron chi connectivity index (χ0n) is 15.9. The molecule has 0 spiro atoms. The summed E-state index contributed by atoms with van der Waals surface area (Å²) in [5.74, 6) is -0.487. The summed E-state index contributed by atoms with van der Waals surface area (Å²) < 4.78 is 5.68. The largest absolute Gasteiger partial charge is 0.363 e. The Morgan fingerprint density at radius 1 is 1.00 bits per heavy atom. The molecule has 5 nitrogen and oxygen atoms in total. The number of anilines is 2. The van der Waals surface area contributed by atoms with Crippen LogP contribution in [-0.2, 0) is 9.53 Å². The molecule has 0 fully saturated rings. The minimum absolute atomic E-state index is 0.0696. The van der Waals surface area contributed by atoms with E-state index in [9.17, 15) is 9.59 Å². The van der Waals surface area contributed by atoms with Crippen LogP contribution < -0.4 is 10.6 Å². The maximum absolute atomic E-state index is 12.6. The van der Waals surface area contributed by atoms with E-state index in [0.717, 1.165) is 11.3 Å². The number of aryl methyl sites for hydroxylation is 1. The number of rotatable bonds is 6. The smallest absolute Gasteiger partial charge is 0.256 e. The van der Waals surface area contributed by atoms with Gasteiger partial charge in [-0.05, 0) is 64.4 Å². The van der Waals surface area contributed by atoms with Crippen molar-refractivity contribution >= 4 is 23.2 Å². The molecular formula is C21H26N2O3. The molecule has 2 rings (SSSR count). The van der Waals surface area contributed by atoms with Crippen LogP contribution in [0.1, 0.15) is 43.6 Å². The van der Waals surface area contributed by atoms with Gasteiger partial charge in [0.05, 0.1) is 6.10 Å². The molecule has 0 atom stereocenters. The minimum Gasteiger partial charge on any atom is -0.363 e. The normalized spacial score (nSPS) is 11.3. The van der Waals surface area contributed by atoms with Crippen LogP contribution in [0.15, 0.2) is 48.5 Å². The highest BCUT2D eigenvalue weighted by molar-refractivity contribution is 6.06. The van der Waals surface area contributed by atoms with Gasteiger partial charge in [-0.1, -0.05) is 24.3 Å². The van der Waals surface area contributed by atoms with Crippen molar-refractivity contribution in [2.45, 2.75) is 46.3 Å². The lowest BCUT2D eigenvalue weighted by molar-refractivity contribution is -0.141. The number of nitrogens with one attached hydrogen (secondary N) is 2. The van der Waals surface area contributed by atoms with Gasteiger partial charge < -0.3 is 15.4 Å². The molecule has 0 heterocycles. The average Bonchev–Trinajstić information content (AvgIpc) is 2.56. The molecule has 0 radical (unpaired) electrons. The Hall–Kier alpha value is -2.66. The van der Waals surface area contributed by atoms with Crippen LogP contribution in [0, 0.1) is 6.92 Å². The summed E-state index contributed by atoms with van der Waals surface area (Å²) >= 11 is 0. The number of benzene rings is 2. The summed E-state index contributed by atoms with van der Waals surface area (Å²) in [6, 6.07) is 14.5. The van der Waals surface area contributed by atoms with Gasteiger partial charge in [-0.3, -0.25) is 9.59 Å². The van der Waals surface area contributed by atoms with E-state index in [1.807, 2.05) is 57.2 Å². The van der Waals surface area contributed by atoms with Gasteiger partial charge in [0.2, 0.25) is 0 Å². The van der Waals surface area contributed by atoms with Crippen molar-refractivity contribution in [3.8, 4) is 0 Å². The molecule has 2 aromatic carbocycles. The minimum atomic E-state index is -0.969. The molecule has 0 unspecified atom stereocenters. The number of ether oxygens (including phenoxy) is 1. The summed E-state index contributed by atoms with van der Waals surface area (Å²) in [5.41, 5.74) is 1.68. The summed E-state index contributed by atoms with van der Waals surface area (Å²) in [5, 5.41) is 5.71. The third-order valence-corrected chi connectivity index (χ3v) is 3.86. The maximum Gasteiger partial charge on any atom is 0.256 e. The summed E-state index contributed by atoms with van der Waals surface area (Å²) in [4.78, 5) is 25.0. The lowest BCUT2D eigenvalue weighted by Crippen LogP contribution is -2.41. The third-order valence-electron chi connectivity index (χ3n) is 3.86. The SMILES string of the molecule is Cc1ccc(C(=O)Nc2ccccc2)cc1NC(=O)C(C)(C)OC(C)C. The van der Waals surface area contributed by atoms with Crippen LogP contribution >= 0.6 is 0 Å². The fraction of sp³-hybridized carbons (Fsp3) is 0.333. The van der Waals surface area contributed by atoms with Crippen LogP contribution in [0.2, 0.25) is 0 Å². The average molecular weight is 354 g/mol. The standard InChI is InChI=1S/C21H26N2O3/c1-14(2)26-21(4,5)20(25)23-18-13-16(12-11-15(18)3)19(24)22-17-9-7-6-8-10-17/h6-14H,1-5H3,(H,22,24)(H,23,25). The van der Waals surface area contributed by atoms with Crippen molar-refractivity contribution in [1.29, 1.82) is 0 Å². The van der Waals surface area contributed by atoms with Crippen LogP contribution in [0.25, 0.3) is 0 Å². The highest BCUT2D eigenvalue weighted by Crippen LogP contribution is 2.21. The van der Waals surface area contributed by atoms with Gasteiger partial charge in [-0.25, -0.2) is 0 Å². The van der Waals surface area contributed by atoms with E-state index in [4.69, 9.17) is 4.74 Å². The lowest BCUT2D eigenvalue weighted by atomic mass is 10.1. The quantitative estimate of drug-likeness (QED) is 0.808. The third kappa shape index (κ3) is 5.17. The Morgan fingerprint density at radius 2 is 1.65 bits per heavy atom. The Morgan fingerprint density at radius 3 is 2.27 bits per heavy atom.